The minimum absolute atomic E-state index is 0.00337. The molecule has 1 unspecified atom stereocenters. The van der Waals surface area contributed by atoms with Crippen molar-refractivity contribution in [1.82, 2.24) is 10.1 Å². The Balaban J connectivity index is 1.39. The average molecular weight is 443 g/mol. The van der Waals surface area contributed by atoms with E-state index in [2.05, 4.69) is 10.1 Å². The Bertz CT molecular complexity index is 1060. The van der Waals surface area contributed by atoms with E-state index in [9.17, 15) is 4.79 Å². The number of fused-ring (bicyclic) bond motifs is 1. The van der Waals surface area contributed by atoms with Crippen LogP contribution in [0.5, 0.6) is 11.5 Å². The lowest BCUT2D eigenvalue weighted by Crippen LogP contribution is -2.35. The van der Waals surface area contributed by atoms with Crippen LogP contribution in [0.1, 0.15) is 54.7 Å². The van der Waals surface area contributed by atoms with Gasteiger partial charge < -0.3 is 14.0 Å². The van der Waals surface area contributed by atoms with E-state index in [1.165, 1.54) is 19.8 Å². The number of hydrogen-bond donors (Lipinski definition) is 0. The molecule has 2 heterocycles. The second-order valence-electron chi connectivity index (χ2n) is 7.88. The number of hydrogen-bond acceptors (Lipinski definition) is 6. The van der Waals surface area contributed by atoms with Crippen molar-refractivity contribution in [2.24, 2.45) is 0 Å². The number of Topliss-reactive ketones (excluding diaryl/α,β-unsaturated/α-hetero) is 1. The van der Waals surface area contributed by atoms with Crippen LogP contribution in [0.2, 0.25) is 5.02 Å². The number of nitrogens with zero attached hydrogens (tertiary/aromatic N) is 2. The highest BCUT2D eigenvalue weighted by Gasteiger charge is 2.28. The Morgan fingerprint density at radius 1 is 1.23 bits per heavy atom. The van der Waals surface area contributed by atoms with Gasteiger partial charge in [-0.05, 0) is 63.1 Å². The summed E-state index contributed by atoms with van der Waals surface area (Å²) in [7, 11) is 1.58. The Kier molecular flexibility index (Phi) is 6.78. The summed E-state index contributed by atoms with van der Waals surface area (Å²) >= 11 is 6.09. The van der Waals surface area contributed by atoms with Gasteiger partial charge in [0.05, 0.1) is 19.8 Å². The van der Waals surface area contributed by atoms with Crippen LogP contribution >= 0.6 is 11.6 Å². The van der Waals surface area contributed by atoms with Gasteiger partial charge in [-0.25, -0.2) is 0 Å². The molecule has 3 aromatic rings. The number of benzene rings is 2. The summed E-state index contributed by atoms with van der Waals surface area (Å²) in [6, 6.07) is 11.2. The van der Waals surface area contributed by atoms with Gasteiger partial charge in [-0.2, -0.15) is 0 Å². The van der Waals surface area contributed by atoms with Crippen LogP contribution in [0.4, 0.5) is 0 Å². The molecular formula is C24H27ClN2O4. The highest BCUT2D eigenvalue weighted by Crippen LogP contribution is 2.35. The summed E-state index contributed by atoms with van der Waals surface area (Å²) in [4.78, 5) is 14.0. The number of carbonyl (C=O) groups excluding carboxylic acids is 1. The van der Waals surface area contributed by atoms with Crippen molar-refractivity contribution >= 4 is 28.4 Å². The number of halogens is 1. The first-order chi connectivity index (χ1) is 15.1. The standard InChI is InChI=1S/C24H27ClN2O4/c1-16(28)17-7-10-21(23(14-17)29-2)30-13-5-12-27-11-4-3-6-20(27)24-19-9-8-18(25)15-22(19)31-26-24/h7-10,14-15,20H,3-6,11-13H2,1-2H3. The molecule has 1 atom stereocenters. The van der Waals surface area contributed by atoms with Gasteiger partial charge in [-0.1, -0.05) is 23.2 Å². The SMILES string of the molecule is COc1cc(C(C)=O)ccc1OCCCN1CCCCC1c1noc2cc(Cl)ccc12. The zero-order valence-corrected chi connectivity index (χ0v) is 18.7. The van der Waals surface area contributed by atoms with E-state index in [4.69, 9.17) is 25.6 Å². The van der Waals surface area contributed by atoms with Crippen LogP contribution in [0.3, 0.4) is 0 Å². The van der Waals surface area contributed by atoms with Crippen LogP contribution < -0.4 is 9.47 Å². The molecule has 0 amide bonds. The molecule has 1 aromatic heterocycles. The Morgan fingerprint density at radius 2 is 2.10 bits per heavy atom. The quantitative estimate of drug-likeness (QED) is 0.330. The molecule has 0 spiro atoms. The van der Waals surface area contributed by atoms with E-state index >= 15 is 0 Å². The molecule has 1 aliphatic rings. The van der Waals surface area contributed by atoms with Gasteiger partial charge >= 0.3 is 0 Å². The maximum atomic E-state index is 11.6. The molecule has 0 bridgehead atoms. The number of ketones is 1. The number of ether oxygens (including phenoxy) is 2. The predicted octanol–water partition coefficient (Wildman–Crippen LogP) is 5.69. The van der Waals surface area contributed by atoms with Gasteiger partial charge in [0.25, 0.3) is 0 Å². The summed E-state index contributed by atoms with van der Waals surface area (Å²) in [5.41, 5.74) is 2.34. The molecule has 6 nitrogen and oxygen atoms in total. The molecule has 0 radical (unpaired) electrons. The molecule has 1 saturated heterocycles. The van der Waals surface area contributed by atoms with E-state index < -0.39 is 0 Å². The van der Waals surface area contributed by atoms with Crippen molar-refractivity contribution in [3.05, 3.63) is 52.7 Å². The van der Waals surface area contributed by atoms with E-state index in [1.807, 2.05) is 18.2 Å². The van der Waals surface area contributed by atoms with Gasteiger partial charge in [0.2, 0.25) is 0 Å². The fraction of sp³-hybridized carbons (Fsp3) is 0.417. The highest BCUT2D eigenvalue weighted by molar-refractivity contribution is 6.31. The largest absolute Gasteiger partial charge is 0.493 e. The number of rotatable bonds is 8. The first-order valence-corrected chi connectivity index (χ1v) is 11.1. The summed E-state index contributed by atoms with van der Waals surface area (Å²) in [6.07, 6.45) is 4.29. The van der Waals surface area contributed by atoms with Crippen LogP contribution in [0.15, 0.2) is 40.9 Å². The molecule has 1 aliphatic heterocycles. The Labute approximate surface area is 187 Å². The van der Waals surface area contributed by atoms with Gasteiger partial charge in [-0.15, -0.1) is 0 Å². The second kappa shape index (κ2) is 9.71. The lowest BCUT2D eigenvalue weighted by molar-refractivity contribution is 0.101. The number of methoxy groups -OCH3 is 1. The molecule has 0 N–H and O–H groups in total. The summed E-state index contributed by atoms with van der Waals surface area (Å²) in [5, 5.41) is 6.07. The van der Waals surface area contributed by atoms with Crippen LogP contribution in [-0.2, 0) is 0 Å². The summed E-state index contributed by atoms with van der Waals surface area (Å²) in [6.45, 7) is 4.04. The number of carbonyl (C=O) groups is 1. The zero-order valence-electron chi connectivity index (χ0n) is 17.9. The lowest BCUT2D eigenvalue weighted by Gasteiger charge is -2.34. The van der Waals surface area contributed by atoms with Gasteiger partial charge in [0, 0.05) is 28.6 Å². The fourth-order valence-electron chi connectivity index (χ4n) is 4.20. The van der Waals surface area contributed by atoms with E-state index in [0.29, 0.717) is 28.7 Å². The van der Waals surface area contributed by atoms with E-state index in [0.717, 1.165) is 42.6 Å². The third-order valence-electron chi connectivity index (χ3n) is 5.81. The van der Waals surface area contributed by atoms with Gasteiger partial charge in [-0.3, -0.25) is 9.69 Å². The molecule has 0 aliphatic carbocycles. The predicted molar refractivity (Wildman–Crippen MR) is 120 cm³/mol. The van der Waals surface area contributed by atoms with Gasteiger partial charge in [0.15, 0.2) is 22.9 Å². The van der Waals surface area contributed by atoms with Crippen LogP contribution in [-0.4, -0.2) is 42.6 Å². The first kappa shape index (κ1) is 21.7. The monoisotopic (exact) mass is 442 g/mol. The zero-order chi connectivity index (χ0) is 21.8. The molecule has 4 rings (SSSR count). The normalized spacial score (nSPS) is 17.1. The third kappa shape index (κ3) is 4.86. The lowest BCUT2D eigenvalue weighted by atomic mass is 9.97. The maximum Gasteiger partial charge on any atom is 0.168 e. The second-order valence-corrected chi connectivity index (χ2v) is 8.32. The highest BCUT2D eigenvalue weighted by atomic mass is 35.5. The first-order valence-electron chi connectivity index (χ1n) is 10.7. The number of piperidine rings is 1. The fourth-order valence-corrected chi connectivity index (χ4v) is 4.36. The van der Waals surface area contributed by atoms with Crippen LogP contribution in [0.25, 0.3) is 11.0 Å². The maximum absolute atomic E-state index is 11.6. The number of likely N-dealkylation sites (tertiary alicyclic amines) is 1. The number of aromatic nitrogens is 1. The van der Waals surface area contributed by atoms with Crippen molar-refractivity contribution in [1.29, 1.82) is 0 Å². The van der Waals surface area contributed by atoms with Crippen molar-refractivity contribution in [2.45, 2.75) is 38.6 Å². The topological polar surface area (TPSA) is 64.8 Å². The van der Waals surface area contributed by atoms with Crippen molar-refractivity contribution in [3.63, 3.8) is 0 Å². The van der Waals surface area contributed by atoms with Crippen LogP contribution in [0, 0.1) is 0 Å². The molecular weight excluding hydrogens is 416 g/mol. The molecule has 1 fully saturated rings. The van der Waals surface area contributed by atoms with E-state index in [-0.39, 0.29) is 11.8 Å². The Hall–Kier alpha value is -2.57. The Morgan fingerprint density at radius 3 is 2.90 bits per heavy atom. The average Bonchev–Trinajstić information content (AvgIpc) is 3.19. The summed E-state index contributed by atoms with van der Waals surface area (Å²) < 4.78 is 16.9. The third-order valence-corrected chi connectivity index (χ3v) is 6.04. The molecule has 7 heteroatoms. The minimum Gasteiger partial charge on any atom is -0.493 e. The molecule has 164 valence electrons. The molecule has 2 aromatic carbocycles. The van der Waals surface area contributed by atoms with Crippen molar-refractivity contribution in [2.75, 3.05) is 26.8 Å². The molecule has 31 heavy (non-hydrogen) atoms. The van der Waals surface area contributed by atoms with Crippen molar-refractivity contribution < 1.29 is 18.8 Å². The van der Waals surface area contributed by atoms with Gasteiger partial charge in [0.1, 0.15) is 5.69 Å². The minimum atomic E-state index is 0.00337. The van der Waals surface area contributed by atoms with Crippen molar-refractivity contribution in [3.8, 4) is 11.5 Å². The summed E-state index contributed by atoms with van der Waals surface area (Å²) in [5.74, 6) is 1.24. The molecule has 0 saturated carbocycles. The smallest absolute Gasteiger partial charge is 0.168 e. The van der Waals surface area contributed by atoms with E-state index in [1.54, 1.807) is 25.3 Å².